The van der Waals surface area contributed by atoms with E-state index in [-0.39, 0.29) is 17.2 Å². The Morgan fingerprint density at radius 3 is 2.54 bits per heavy atom. The number of aryl methyl sites for hydroxylation is 1. The van der Waals surface area contributed by atoms with Gasteiger partial charge in [-0.15, -0.1) is 0 Å². The van der Waals surface area contributed by atoms with Crippen LogP contribution in [0.25, 0.3) is 0 Å². The molecule has 128 valence electrons. The van der Waals surface area contributed by atoms with Crippen LogP contribution < -0.4 is 4.74 Å². The van der Waals surface area contributed by atoms with Gasteiger partial charge in [-0.1, -0.05) is 15.9 Å². The van der Waals surface area contributed by atoms with Crippen LogP contribution in [0.3, 0.4) is 0 Å². The van der Waals surface area contributed by atoms with Crippen LogP contribution in [-0.2, 0) is 4.74 Å². The molecular formula is C17H17BrFNO4. The summed E-state index contributed by atoms with van der Waals surface area (Å²) in [6.45, 7) is 4.85. The van der Waals surface area contributed by atoms with Gasteiger partial charge in [-0.05, 0) is 44.5 Å². The summed E-state index contributed by atoms with van der Waals surface area (Å²) in [6.07, 6.45) is -0.928. The van der Waals surface area contributed by atoms with E-state index in [9.17, 15) is 14.0 Å². The highest BCUT2D eigenvalue weighted by Gasteiger charge is 2.26. The molecule has 2 rings (SSSR count). The van der Waals surface area contributed by atoms with E-state index in [2.05, 4.69) is 20.9 Å². The molecule has 0 fully saturated rings. The van der Waals surface area contributed by atoms with Gasteiger partial charge >= 0.3 is 5.97 Å². The average molecular weight is 398 g/mol. The van der Waals surface area contributed by atoms with Crippen molar-refractivity contribution in [2.75, 3.05) is 7.11 Å². The summed E-state index contributed by atoms with van der Waals surface area (Å²) in [5.41, 5.74) is 1.58. The molecule has 0 aliphatic rings. The van der Waals surface area contributed by atoms with Gasteiger partial charge in [0.15, 0.2) is 17.7 Å². The van der Waals surface area contributed by atoms with E-state index in [4.69, 9.17) is 9.47 Å². The second-order valence-electron chi connectivity index (χ2n) is 5.32. The van der Waals surface area contributed by atoms with Crippen molar-refractivity contribution in [1.82, 2.24) is 4.98 Å². The average Bonchev–Trinajstić information content (AvgIpc) is 2.83. The number of rotatable bonds is 5. The number of nitrogens with one attached hydrogen (secondary N) is 1. The van der Waals surface area contributed by atoms with E-state index in [0.717, 1.165) is 0 Å². The van der Waals surface area contributed by atoms with Gasteiger partial charge < -0.3 is 14.5 Å². The molecular weight excluding hydrogens is 381 g/mol. The Balaban J connectivity index is 2.27. The van der Waals surface area contributed by atoms with E-state index in [1.165, 1.54) is 26.2 Å². The number of aromatic nitrogens is 1. The number of benzene rings is 1. The minimum atomic E-state index is -0.928. The number of carbonyl (C=O) groups is 2. The second-order valence-corrected chi connectivity index (χ2v) is 6.23. The zero-order chi connectivity index (χ0) is 18.0. The topological polar surface area (TPSA) is 68.4 Å². The summed E-state index contributed by atoms with van der Waals surface area (Å²) in [5, 5.41) is 0. The Morgan fingerprint density at radius 2 is 1.96 bits per heavy atom. The molecule has 7 heteroatoms. The second kappa shape index (κ2) is 7.17. The molecule has 0 amide bonds. The maximum atomic E-state index is 13.8. The van der Waals surface area contributed by atoms with Crippen LogP contribution in [0.15, 0.2) is 22.7 Å². The number of aromatic amines is 1. The summed E-state index contributed by atoms with van der Waals surface area (Å²) in [4.78, 5) is 27.3. The monoisotopic (exact) mass is 397 g/mol. The first-order valence-electron chi connectivity index (χ1n) is 7.19. The van der Waals surface area contributed by atoms with Crippen molar-refractivity contribution in [2.24, 2.45) is 0 Å². The van der Waals surface area contributed by atoms with Gasteiger partial charge in [-0.25, -0.2) is 9.18 Å². The highest BCUT2D eigenvalue weighted by atomic mass is 79.9. The van der Waals surface area contributed by atoms with Crippen molar-refractivity contribution in [3.8, 4) is 5.75 Å². The zero-order valence-electron chi connectivity index (χ0n) is 13.7. The summed E-state index contributed by atoms with van der Waals surface area (Å²) < 4.78 is 24.6. The summed E-state index contributed by atoms with van der Waals surface area (Å²) >= 11 is 3.16. The zero-order valence-corrected chi connectivity index (χ0v) is 15.3. The first kappa shape index (κ1) is 18.2. The molecule has 0 aliphatic carbocycles. The van der Waals surface area contributed by atoms with Crippen molar-refractivity contribution < 1.29 is 23.5 Å². The van der Waals surface area contributed by atoms with Crippen molar-refractivity contribution in [3.05, 3.63) is 51.0 Å². The molecule has 0 saturated carbocycles. The minimum absolute atomic E-state index is 0.0202. The molecule has 2 aromatic rings. The summed E-state index contributed by atoms with van der Waals surface area (Å²) in [7, 11) is 1.28. The third-order valence-electron chi connectivity index (χ3n) is 3.64. The minimum Gasteiger partial charge on any atom is -0.479 e. The number of methoxy groups -OCH3 is 1. The van der Waals surface area contributed by atoms with Crippen LogP contribution in [0.2, 0.25) is 0 Å². The maximum absolute atomic E-state index is 13.8. The Bertz CT molecular complexity index is 800. The number of hydrogen-bond donors (Lipinski definition) is 1. The van der Waals surface area contributed by atoms with Gasteiger partial charge in [0, 0.05) is 10.2 Å². The third-order valence-corrected chi connectivity index (χ3v) is 4.13. The Hall–Kier alpha value is -2.15. The lowest BCUT2D eigenvalue weighted by Gasteiger charge is -2.14. The molecule has 1 aromatic heterocycles. The van der Waals surface area contributed by atoms with Crippen LogP contribution in [0.5, 0.6) is 5.75 Å². The van der Waals surface area contributed by atoms with Crippen LogP contribution in [0.4, 0.5) is 4.39 Å². The van der Waals surface area contributed by atoms with Gasteiger partial charge in [0.25, 0.3) is 0 Å². The first-order valence-corrected chi connectivity index (χ1v) is 7.99. The number of ether oxygens (including phenoxy) is 2. The van der Waals surface area contributed by atoms with E-state index in [0.29, 0.717) is 21.3 Å². The fraction of sp³-hybridized carbons (Fsp3) is 0.294. The third kappa shape index (κ3) is 3.51. The predicted molar refractivity (Wildman–Crippen MR) is 90.1 cm³/mol. The molecule has 0 radical (unpaired) electrons. The smallest absolute Gasteiger partial charge is 0.339 e. The van der Waals surface area contributed by atoms with E-state index >= 15 is 0 Å². The molecule has 0 aliphatic heterocycles. The van der Waals surface area contributed by atoms with Gasteiger partial charge in [0.2, 0.25) is 5.78 Å². The Morgan fingerprint density at radius 1 is 1.29 bits per heavy atom. The standard InChI is InChI=1S/C17H17BrFNO4/c1-8-14(17(22)23-4)9(2)20-15(8)16(21)10(3)24-13-6-5-11(18)7-12(13)19/h5-7,10,20H,1-4H3/t10-/m0/s1. The molecule has 24 heavy (non-hydrogen) atoms. The molecule has 5 nitrogen and oxygen atoms in total. The van der Waals surface area contributed by atoms with Gasteiger partial charge in [-0.2, -0.15) is 0 Å². The predicted octanol–water partition coefficient (Wildman–Crippen LogP) is 3.97. The van der Waals surface area contributed by atoms with Gasteiger partial charge in [-0.3, -0.25) is 4.79 Å². The number of Topliss-reactive ketones (excluding diaryl/α,β-unsaturated/α-hetero) is 1. The quantitative estimate of drug-likeness (QED) is 0.612. The number of H-pyrrole nitrogens is 1. The number of esters is 1. The van der Waals surface area contributed by atoms with Crippen LogP contribution in [-0.4, -0.2) is 30.0 Å². The number of carbonyl (C=O) groups excluding carboxylic acids is 2. The van der Waals surface area contributed by atoms with Crippen molar-refractivity contribution in [1.29, 1.82) is 0 Å². The van der Waals surface area contributed by atoms with Crippen LogP contribution in [0, 0.1) is 19.7 Å². The van der Waals surface area contributed by atoms with Crippen molar-refractivity contribution in [2.45, 2.75) is 26.9 Å². The molecule has 1 heterocycles. The fourth-order valence-electron chi connectivity index (χ4n) is 2.42. The SMILES string of the molecule is COC(=O)c1c(C)[nH]c(C(=O)[C@H](C)Oc2ccc(Br)cc2F)c1C. The van der Waals surface area contributed by atoms with Crippen molar-refractivity contribution >= 4 is 27.7 Å². The van der Waals surface area contributed by atoms with E-state index in [1.54, 1.807) is 19.9 Å². The lowest BCUT2D eigenvalue weighted by atomic mass is 10.1. The van der Waals surface area contributed by atoms with Crippen LogP contribution in [0.1, 0.15) is 39.0 Å². The van der Waals surface area contributed by atoms with Crippen molar-refractivity contribution in [3.63, 3.8) is 0 Å². The molecule has 1 N–H and O–H groups in total. The Kier molecular flexibility index (Phi) is 5.43. The summed E-state index contributed by atoms with van der Waals surface area (Å²) in [5.74, 6) is -1.49. The van der Waals surface area contributed by atoms with E-state index in [1.807, 2.05) is 0 Å². The lowest BCUT2D eigenvalue weighted by Crippen LogP contribution is -2.25. The van der Waals surface area contributed by atoms with E-state index < -0.39 is 17.9 Å². The first-order chi connectivity index (χ1) is 11.3. The maximum Gasteiger partial charge on any atom is 0.339 e. The molecule has 0 saturated heterocycles. The fourth-order valence-corrected chi connectivity index (χ4v) is 2.76. The van der Waals surface area contributed by atoms with Crippen LogP contribution >= 0.6 is 15.9 Å². The normalized spacial score (nSPS) is 11.9. The Labute approximate surface area is 147 Å². The van der Waals surface area contributed by atoms with Gasteiger partial charge in [0.1, 0.15) is 0 Å². The molecule has 0 unspecified atom stereocenters. The molecule has 1 aromatic carbocycles. The molecule has 1 atom stereocenters. The molecule has 0 bridgehead atoms. The highest BCUT2D eigenvalue weighted by Crippen LogP contribution is 2.25. The number of halogens is 2. The number of hydrogen-bond acceptors (Lipinski definition) is 4. The number of ketones is 1. The highest BCUT2D eigenvalue weighted by molar-refractivity contribution is 9.10. The summed E-state index contributed by atoms with van der Waals surface area (Å²) in [6, 6.07) is 4.32. The van der Waals surface area contributed by atoms with Gasteiger partial charge in [0.05, 0.1) is 18.4 Å². The lowest BCUT2D eigenvalue weighted by molar-refractivity contribution is 0.0599. The largest absolute Gasteiger partial charge is 0.479 e. The molecule has 0 spiro atoms.